The summed E-state index contributed by atoms with van der Waals surface area (Å²) >= 11 is 5.90. The van der Waals surface area contributed by atoms with Gasteiger partial charge in [0.2, 0.25) is 5.95 Å². The van der Waals surface area contributed by atoms with Crippen molar-refractivity contribution >= 4 is 29.2 Å². The number of halogens is 2. The third kappa shape index (κ3) is 2.72. The molecule has 0 aliphatic rings. The van der Waals surface area contributed by atoms with Crippen LogP contribution in [0.5, 0.6) is 0 Å². The number of anilines is 2. The lowest BCUT2D eigenvalue weighted by Gasteiger charge is -2.07. The fraction of sp³-hybridized carbons (Fsp3) is 0. The Labute approximate surface area is 106 Å². The predicted octanol–water partition coefficient (Wildman–Crippen LogP) is 2.71. The molecule has 92 valence electrons. The summed E-state index contributed by atoms with van der Waals surface area (Å²) in [6, 6.07) is 4.16. The molecule has 0 bridgehead atoms. The Morgan fingerprint density at radius 3 is 2.61 bits per heavy atom. The second-order valence-corrected chi connectivity index (χ2v) is 3.76. The van der Waals surface area contributed by atoms with Crippen LogP contribution in [0.2, 0.25) is 5.02 Å². The normalized spacial score (nSPS) is 10.1. The summed E-state index contributed by atoms with van der Waals surface area (Å²) < 4.78 is 12.6. The molecule has 1 heterocycles. The van der Waals surface area contributed by atoms with Gasteiger partial charge in [-0.2, -0.15) is 0 Å². The molecule has 1 aromatic heterocycles. The van der Waals surface area contributed by atoms with E-state index in [1.165, 1.54) is 18.2 Å². The number of hydrogen-bond acceptors (Lipinski definition) is 4. The molecule has 0 spiro atoms. The van der Waals surface area contributed by atoms with Crippen molar-refractivity contribution in [3.8, 4) is 0 Å². The molecule has 0 radical (unpaired) electrons. The molecule has 0 atom stereocenters. The predicted molar refractivity (Wildman–Crippen MR) is 63.7 cm³/mol. The van der Waals surface area contributed by atoms with Crippen LogP contribution < -0.4 is 5.32 Å². The van der Waals surface area contributed by atoms with E-state index < -0.39 is 11.8 Å². The van der Waals surface area contributed by atoms with Crippen LogP contribution in [0.3, 0.4) is 0 Å². The molecule has 18 heavy (non-hydrogen) atoms. The Morgan fingerprint density at radius 1 is 1.33 bits per heavy atom. The summed E-state index contributed by atoms with van der Waals surface area (Å²) in [7, 11) is 0. The van der Waals surface area contributed by atoms with Gasteiger partial charge in [0.25, 0.3) is 0 Å². The molecule has 2 N–H and O–H groups in total. The number of nitrogens with zero attached hydrogens (tertiary/aromatic N) is 2. The van der Waals surface area contributed by atoms with E-state index in [1.54, 1.807) is 0 Å². The van der Waals surface area contributed by atoms with Crippen LogP contribution in [0.15, 0.2) is 30.6 Å². The standard InChI is InChI=1S/C11H7ClFN3O2/c12-8-2-1-6(10(17)18)3-9(8)16-11-14-4-7(13)5-15-11/h1-5H,(H,17,18)(H,14,15,16). The quantitative estimate of drug-likeness (QED) is 0.894. The van der Waals surface area contributed by atoms with E-state index in [2.05, 4.69) is 15.3 Å². The molecule has 0 aliphatic carbocycles. The zero-order valence-electron chi connectivity index (χ0n) is 8.89. The first-order valence-corrected chi connectivity index (χ1v) is 5.21. The zero-order valence-corrected chi connectivity index (χ0v) is 9.65. The Hall–Kier alpha value is -2.21. The number of rotatable bonds is 3. The van der Waals surface area contributed by atoms with E-state index in [1.807, 2.05) is 0 Å². The van der Waals surface area contributed by atoms with Gasteiger partial charge in [0, 0.05) is 0 Å². The number of carboxylic acid groups (broad SMARTS) is 1. The van der Waals surface area contributed by atoms with E-state index in [-0.39, 0.29) is 11.5 Å². The highest BCUT2D eigenvalue weighted by molar-refractivity contribution is 6.33. The number of nitrogens with one attached hydrogen (secondary N) is 1. The second kappa shape index (κ2) is 4.97. The van der Waals surface area contributed by atoms with E-state index in [0.717, 1.165) is 12.4 Å². The minimum Gasteiger partial charge on any atom is -0.478 e. The van der Waals surface area contributed by atoms with E-state index in [0.29, 0.717) is 10.7 Å². The highest BCUT2D eigenvalue weighted by Crippen LogP contribution is 2.25. The first kappa shape index (κ1) is 12.3. The van der Waals surface area contributed by atoms with Gasteiger partial charge in [-0.1, -0.05) is 11.6 Å². The van der Waals surface area contributed by atoms with E-state index in [9.17, 15) is 9.18 Å². The van der Waals surface area contributed by atoms with Gasteiger partial charge in [-0.15, -0.1) is 0 Å². The molecule has 0 unspecified atom stereocenters. The topological polar surface area (TPSA) is 75.1 Å². The molecule has 0 saturated carbocycles. The average molecular weight is 268 g/mol. The lowest BCUT2D eigenvalue weighted by Crippen LogP contribution is -2.01. The summed E-state index contributed by atoms with van der Waals surface area (Å²) in [5, 5.41) is 11.9. The Morgan fingerprint density at radius 2 is 2.00 bits per heavy atom. The third-order valence-electron chi connectivity index (χ3n) is 2.08. The molecule has 7 heteroatoms. The molecule has 0 fully saturated rings. The summed E-state index contributed by atoms with van der Waals surface area (Å²) in [6.07, 6.45) is 1.98. The van der Waals surface area contributed by atoms with Crippen LogP contribution >= 0.6 is 11.6 Å². The van der Waals surface area contributed by atoms with Crippen LogP contribution in [0.1, 0.15) is 10.4 Å². The molecule has 1 aromatic carbocycles. The highest BCUT2D eigenvalue weighted by atomic mass is 35.5. The SMILES string of the molecule is O=C(O)c1ccc(Cl)c(Nc2ncc(F)cn2)c1. The maximum absolute atomic E-state index is 12.6. The zero-order chi connectivity index (χ0) is 13.1. The number of aromatic carboxylic acids is 1. The molecule has 5 nitrogen and oxygen atoms in total. The lowest BCUT2D eigenvalue weighted by molar-refractivity contribution is 0.0697. The summed E-state index contributed by atoms with van der Waals surface area (Å²) in [5.74, 6) is -1.51. The van der Waals surface area contributed by atoms with Crippen molar-refractivity contribution in [2.24, 2.45) is 0 Å². The minimum absolute atomic E-state index is 0.0732. The van der Waals surface area contributed by atoms with Crippen molar-refractivity contribution in [3.05, 3.63) is 47.0 Å². The maximum Gasteiger partial charge on any atom is 0.335 e. The van der Waals surface area contributed by atoms with Gasteiger partial charge < -0.3 is 10.4 Å². The van der Waals surface area contributed by atoms with Crippen molar-refractivity contribution in [2.75, 3.05) is 5.32 Å². The van der Waals surface area contributed by atoms with E-state index >= 15 is 0 Å². The van der Waals surface area contributed by atoms with Crippen molar-refractivity contribution in [1.29, 1.82) is 0 Å². The first-order chi connectivity index (χ1) is 8.56. The monoisotopic (exact) mass is 267 g/mol. The number of aromatic nitrogens is 2. The lowest BCUT2D eigenvalue weighted by atomic mass is 10.2. The number of benzene rings is 1. The minimum atomic E-state index is -1.07. The molecule has 2 rings (SSSR count). The van der Waals surface area contributed by atoms with Gasteiger partial charge in [0.15, 0.2) is 5.82 Å². The average Bonchev–Trinajstić information content (AvgIpc) is 2.34. The number of hydrogen-bond donors (Lipinski definition) is 2. The largest absolute Gasteiger partial charge is 0.478 e. The van der Waals surface area contributed by atoms with Crippen molar-refractivity contribution in [1.82, 2.24) is 9.97 Å². The Bertz CT molecular complexity index is 589. The Kier molecular flexibility index (Phi) is 3.38. The van der Waals surface area contributed by atoms with Crippen molar-refractivity contribution < 1.29 is 14.3 Å². The summed E-state index contributed by atoms with van der Waals surface area (Å²) in [6.45, 7) is 0. The highest BCUT2D eigenvalue weighted by Gasteiger charge is 2.08. The maximum atomic E-state index is 12.6. The number of carbonyl (C=O) groups is 1. The van der Waals surface area contributed by atoms with Crippen molar-refractivity contribution in [2.45, 2.75) is 0 Å². The van der Waals surface area contributed by atoms with Gasteiger partial charge in [-0.3, -0.25) is 0 Å². The number of carboxylic acids is 1. The van der Waals surface area contributed by atoms with Crippen molar-refractivity contribution in [3.63, 3.8) is 0 Å². The first-order valence-electron chi connectivity index (χ1n) is 4.83. The Balaban J connectivity index is 2.30. The fourth-order valence-corrected chi connectivity index (χ4v) is 1.42. The van der Waals surface area contributed by atoms with Crippen LogP contribution in [-0.4, -0.2) is 21.0 Å². The van der Waals surface area contributed by atoms with Gasteiger partial charge in [0.1, 0.15) is 0 Å². The molecule has 0 saturated heterocycles. The van der Waals surface area contributed by atoms with Crippen LogP contribution in [0.25, 0.3) is 0 Å². The molecular weight excluding hydrogens is 261 g/mol. The second-order valence-electron chi connectivity index (χ2n) is 3.35. The molecular formula is C11H7ClFN3O2. The van der Waals surface area contributed by atoms with Gasteiger partial charge in [-0.05, 0) is 18.2 Å². The molecule has 2 aromatic rings. The van der Waals surface area contributed by atoms with E-state index in [4.69, 9.17) is 16.7 Å². The third-order valence-corrected chi connectivity index (χ3v) is 2.41. The van der Waals surface area contributed by atoms with Gasteiger partial charge in [-0.25, -0.2) is 19.2 Å². The molecule has 0 amide bonds. The van der Waals surface area contributed by atoms with Gasteiger partial charge in [0.05, 0.1) is 28.7 Å². The van der Waals surface area contributed by atoms with Crippen LogP contribution in [0.4, 0.5) is 16.0 Å². The van der Waals surface area contributed by atoms with Crippen LogP contribution in [-0.2, 0) is 0 Å². The van der Waals surface area contributed by atoms with Gasteiger partial charge >= 0.3 is 5.97 Å². The smallest absolute Gasteiger partial charge is 0.335 e. The fourth-order valence-electron chi connectivity index (χ4n) is 1.25. The summed E-state index contributed by atoms with van der Waals surface area (Å²) in [4.78, 5) is 18.2. The molecule has 0 aliphatic heterocycles. The summed E-state index contributed by atoms with van der Waals surface area (Å²) in [5.41, 5.74) is 0.409. The van der Waals surface area contributed by atoms with Crippen LogP contribution in [0, 0.1) is 5.82 Å².